The quantitative estimate of drug-likeness (QED) is 0.395. The van der Waals surface area contributed by atoms with Crippen molar-refractivity contribution in [2.45, 2.75) is 13.3 Å². The van der Waals surface area contributed by atoms with E-state index in [1.54, 1.807) is 0 Å². The molecule has 0 bridgehead atoms. The second-order valence-electron chi connectivity index (χ2n) is 2.86. The Balaban J connectivity index is 3.19. The summed E-state index contributed by atoms with van der Waals surface area (Å²) >= 11 is 12.6. The summed E-state index contributed by atoms with van der Waals surface area (Å²) in [7, 11) is 0. The van der Waals surface area contributed by atoms with Gasteiger partial charge in [0, 0.05) is 0 Å². The zero-order chi connectivity index (χ0) is 11.5. The minimum absolute atomic E-state index is 1.03. The van der Waals surface area contributed by atoms with Gasteiger partial charge < -0.3 is 0 Å². The summed E-state index contributed by atoms with van der Waals surface area (Å²) in [5.41, 5.74) is 1.23. The molecule has 0 aliphatic heterocycles. The molecule has 0 aliphatic rings. The van der Waals surface area contributed by atoms with Crippen LogP contribution in [-0.4, -0.2) is 11.6 Å². The number of hydrogen-bond acceptors (Lipinski definition) is 0. The normalized spacial score (nSPS) is 14.7. The van der Waals surface area contributed by atoms with Crippen molar-refractivity contribution in [1.82, 2.24) is 0 Å². The van der Waals surface area contributed by atoms with Crippen LogP contribution in [0.2, 0.25) is 0 Å². The summed E-state index contributed by atoms with van der Waals surface area (Å²) in [6.07, 6.45) is 1.03. The molecule has 0 amide bonds. The van der Waals surface area contributed by atoms with Gasteiger partial charge in [0.1, 0.15) is 0 Å². The van der Waals surface area contributed by atoms with Gasteiger partial charge in [-0.25, -0.2) is 0 Å². The number of hydrogen-bond donors (Lipinski definition) is 0. The summed E-state index contributed by atoms with van der Waals surface area (Å²) in [5.74, 6) is 0. The van der Waals surface area contributed by atoms with Crippen LogP contribution in [-0.2, 0) is 0 Å². The molecule has 0 saturated carbocycles. The Morgan fingerprint density at radius 2 is 1.67 bits per heavy atom. The molecular weight excluding hydrogens is 567 g/mol. The predicted molar refractivity (Wildman–Crippen MR) is 85.1 cm³/mol. The van der Waals surface area contributed by atoms with E-state index in [0.29, 0.717) is 0 Å². The molecule has 0 aliphatic carbocycles. The fourth-order valence-corrected chi connectivity index (χ4v) is 17.4. The molecule has 84 valence electrons. The van der Waals surface area contributed by atoms with Gasteiger partial charge in [0.05, 0.1) is 0 Å². The summed E-state index contributed by atoms with van der Waals surface area (Å²) < 4.78 is 2.60. The van der Waals surface area contributed by atoms with Crippen molar-refractivity contribution in [1.29, 1.82) is 0 Å². The maximum absolute atomic E-state index is 3.74. The van der Waals surface area contributed by atoms with Crippen molar-refractivity contribution >= 4 is 70.2 Å². The molecule has 0 aromatic heterocycles. The van der Waals surface area contributed by atoms with E-state index in [9.17, 15) is 0 Å². The van der Waals surface area contributed by atoms with Gasteiger partial charge in [0.15, 0.2) is 0 Å². The Morgan fingerprint density at radius 3 is 2.07 bits per heavy atom. The maximum atomic E-state index is 3.74. The van der Waals surface area contributed by atoms with Gasteiger partial charge in [-0.3, -0.25) is 0 Å². The third kappa shape index (κ3) is 4.44. The molecule has 1 rings (SSSR count). The number of benzene rings is 1. The Labute approximate surface area is 121 Å². The van der Waals surface area contributed by atoms with Crippen LogP contribution in [0.15, 0.2) is 34.0 Å². The van der Waals surface area contributed by atoms with E-state index in [1.807, 2.05) is 6.07 Å². The molecule has 0 radical (unpaired) electrons. The fraction of sp³-hybridized carbons (Fsp3) is 0.200. The van der Waals surface area contributed by atoms with Crippen LogP contribution in [0.25, 0.3) is 4.48 Å². The Hall–Kier alpha value is 1.67. The van der Waals surface area contributed by atoms with E-state index in [0.717, 1.165) is 6.42 Å². The first-order valence-electron chi connectivity index (χ1n) is 4.33. The summed E-state index contributed by atoms with van der Waals surface area (Å²) in [4.78, 5) is 0. The monoisotopic (exact) mass is 576 g/mol. The predicted octanol–water partition coefficient (Wildman–Crippen LogP) is 5.87. The molecule has 0 nitrogen and oxygen atoms in total. The average molecular weight is 577 g/mol. The van der Waals surface area contributed by atoms with Gasteiger partial charge >= 0.3 is 123 Å². The Kier molecular flexibility index (Phi) is 6.44. The fourth-order valence-electron chi connectivity index (χ4n) is 1.17. The number of halogens is 4. The van der Waals surface area contributed by atoms with Crippen LogP contribution < -0.4 is 0 Å². The van der Waals surface area contributed by atoms with Gasteiger partial charge in [-0.1, -0.05) is 0 Å². The van der Waals surface area contributed by atoms with Crippen LogP contribution in [0.5, 0.6) is 0 Å². The minimum atomic E-state index is -2.29. The zero-order valence-corrected chi connectivity index (χ0v) is 16.7. The molecule has 0 unspecified atom stereocenters. The Morgan fingerprint density at radius 1 is 1.13 bits per heavy atom. The third-order valence-electron chi connectivity index (χ3n) is 1.87. The van der Waals surface area contributed by atoms with Crippen LogP contribution in [0, 0.1) is 0 Å². The molecule has 0 N–H and O–H groups in total. The van der Waals surface area contributed by atoms with Crippen molar-refractivity contribution < 1.29 is 0 Å². The van der Waals surface area contributed by atoms with E-state index < -0.39 is 11.6 Å². The van der Waals surface area contributed by atoms with Crippen LogP contribution in [0.3, 0.4) is 0 Å². The first-order valence-corrected chi connectivity index (χ1v) is 22.0. The second kappa shape index (κ2) is 6.56. The van der Waals surface area contributed by atoms with E-state index >= 15 is 0 Å². The molecular formula is C10H10Br4Te. The van der Waals surface area contributed by atoms with Gasteiger partial charge in [-0.15, -0.1) is 0 Å². The topological polar surface area (TPSA) is 0 Å². The molecule has 1 aromatic rings. The first-order chi connectivity index (χ1) is 6.96. The van der Waals surface area contributed by atoms with Crippen molar-refractivity contribution in [2.75, 3.05) is 0 Å². The van der Waals surface area contributed by atoms with E-state index in [-0.39, 0.29) is 0 Å². The van der Waals surface area contributed by atoms with Crippen LogP contribution in [0.4, 0.5) is 0 Å². The molecule has 0 atom stereocenters. The summed E-state index contributed by atoms with van der Waals surface area (Å²) in [6, 6.07) is 10.4. The molecule has 0 saturated heterocycles. The Bertz CT molecular complexity index is 353. The van der Waals surface area contributed by atoms with Crippen molar-refractivity contribution in [3.05, 3.63) is 39.5 Å². The van der Waals surface area contributed by atoms with Crippen LogP contribution in [0.1, 0.15) is 18.9 Å². The molecule has 5 heteroatoms. The standard InChI is InChI=1S/C10H10Br4Te/c1-2-9(15(12,13)14)10(11)8-6-4-3-5-7-8/h3-7H,2H2,1H3/b10-9+. The van der Waals surface area contributed by atoms with Crippen LogP contribution >= 0.6 is 54.2 Å². The molecule has 0 fully saturated rings. The molecule has 1 aromatic carbocycles. The number of allylic oxidation sites excluding steroid dienone is 1. The van der Waals surface area contributed by atoms with E-state index in [2.05, 4.69) is 85.4 Å². The summed E-state index contributed by atoms with van der Waals surface area (Å²) in [6.45, 7) is 2.17. The number of rotatable bonds is 3. The molecule has 15 heavy (non-hydrogen) atoms. The van der Waals surface area contributed by atoms with Gasteiger partial charge in [-0.05, 0) is 0 Å². The van der Waals surface area contributed by atoms with Crippen molar-refractivity contribution in [2.24, 2.45) is 0 Å². The molecule has 0 heterocycles. The van der Waals surface area contributed by atoms with Crippen molar-refractivity contribution in [3.63, 3.8) is 0 Å². The summed E-state index contributed by atoms with van der Waals surface area (Å²) in [5, 5.41) is 0. The second-order valence-corrected chi connectivity index (χ2v) is 44.4. The third-order valence-corrected chi connectivity index (χ3v) is 14.5. The SMILES string of the molecule is CC/C(=C(\Br)c1ccccc1)[Te](Br)(Br)Br. The van der Waals surface area contributed by atoms with Crippen molar-refractivity contribution in [3.8, 4) is 0 Å². The molecule has 0 spiro atoms. The van der Waals surface area contributed by atoms with Gasteiger partial charge in [0.25, 0.3) is 0 Å². The van der Waals surface area contributed by atoms with Gasteiger partial charge in [-0.2, -0.15) is 0 Å². The van der Waals surface area contributed by atoms with E-state index in [4.69, 9.17) is 0 Å². The van der Waals surface area contributed by atoms with Gasteiger partial charge in [0.2, 0.25) is 0 Å². The van der Waals surface area contributed by atoms with E-state index in [1.165, 1.54) is 13.7 Å². The average Bonchev–Trinajstić information content (AvgIpc) is 2.18. The zero-order valence-electron chi connectivity index (χ0n) is 8.01. The first kappa shape index (κ1) is 14.7.